The summed E-state index contributed by atoms with van der Waals surface area (Å²) in [7, 11) is 0. The summed E-state index contributed by atoms with van der Waals surface area (Å²) in [5.41, 5.74) is 18.4. The fraction of sp³-hybridized carbons (Fsp3) is 0.120. The average molecular weight is 665 g/mol. The van der Waals surface area contributed by atoms with E-state index in [0.717, 1.165) is 55.2 Å². The highest BCUT2D eigenvalue weighted by Gasteiger charge is 2.37. The number of pyridine rings is 1. The van der Waals surface area contributed by atoms with Crippen LogP contribution in [0.1, 0.15) is 55.5 Å². The van der Waals surface area contributed by atoms with Crippen molar-refractivity contribution in [3.05, 3.63) is 173 Å². The molecule has 2 aliphatic rings. The van der Waals surface area contributed by atoms with Crippen LogP contribution in [0.4, 0.5) is 0 Å². The molecular weight excluding hydrogens is 629 g/mol. The molecule has 0 spiro atoms. The van der Waals surface area contributed by atoms with E-state index in [1.54, 1.807) is 0 Å². The molecule has 0 atom stereocenters. The first kappa shape index (κ1) is 30.5. The minimum Gasteiger partial charge on any atom is -0.247 e. The number of fused-ring (bicyclic) bond motifs is 9. The average Bonchev–Trinajstić information content (AvgIpc) is 3.56. The van der Waals surface area contributed by atoms with Crippen molar-refractivity contribution in [1.29, 1.82) is 5.26 Å². The van der Waals surface area contributed by atoms with Gasteiger partial charge in [-0.15, -0.1) is 0 Å². The second-order valence-corrected chi connectivity index (χ2v) is 15.4. The van der Waals surface area contributed by atoms with Gasteiger partial charge >= 0.3 is 0 Å². The third-order valence-corrected chi connectivity index (χ3v) is 11.9. The SMILES string of the molecule is CC1(C)c2ccccc2-c2ccc(-c3cc(-c4ccc5c(c4)C(C)(C)c4ccccc4-5)c4cc(-c5ccccc5C#N)c5ccccc5c4n3)cc21. The number of hydrogen-bond donors (Lipinski definition) is 0. The van der Waals surface area contributed by atoms with Crippen LogP contribution in [-0.4, -0.2) is 4.98 Å². The molecule has 7 aromatic carbocycles. The predicted molar refractivity (Wildman–Crippen MR) is 215 cm³/mol. The minimum absolute atomic E-state index is 0.113. The van der Waals surface area contributed by atoms with Crippen LogP contribution in [0.15, 0.2) is 146 Å². The molecule has 2 nitrogen and oxygen atoms in total. The molecule has 1 aromatic heterocycles. The lowest BCUT2D eigenvalue weighted by molar-refractivity contribution is 0.660. The summed E-state index contributed by atoms with van der Waals surface area (Å²) in [4.78, 5) is 5.53. The zero-order valence-corrected chi connectivity index (χ0v) is 29.8. The summed E-state index contributed by atoms with van der Waals surface area (Å²) in [5, 5.41) is 13.4. The van der Waals surface area contributed by atoms with Gasteiger partial charge in [-0.1, -0.05) is 143 Å². The van der Waals surface area contributed by atoms with Crippen LogP contribution in [0.25, 0.3) is 77.4 Å². The van der Waals surface area contributed by atoms with Crippen molar-refractivity contribution in [1.82, 2.24) is 4.98 Å². The van der Waals surface area contributed by atoms with Crippen LogP contribution in [0.2, 0.25) is 0 Å². The van der Waals surface area contributed by atoms with Crippen molar-refractivity contribution in [2.45, 2.75) is 38.5 Å². The van der Waals surface area contributed by atoms with Gasteiger partial charge in [0, 0.05) is 32.7 Å². The van der Waals surface area contributed by atoms with E-state index in [9.17, 15) is 5.26 Å². The van der Waals surface area contributed by atoms with E-state index in [1.807, 2.05) is 18.2 Å². The van der Waals surface area contributed by atoms with E-state index in [0.29, 0.717) is 5.56 Å². The molecule has 0 saturated carbocycles. The van der Waals surface area contributed by atoms with Gasteiger partial charge in [0.25, 0.3) is 0 Å². The minimum atomic E-state index is -0.127. The molecule has 0 N–H and O–H groups in total. The first-order valence-corrected chi connectivity index (χ1v) is 18.1. The van der Waals surface area contributed by atoms with E-state index in [2.05, 4.69) is 161 Å². The first-order chi connectivity index (χ1) is 25.3. The van der Waals surface area contributed by atoms with Crippen molar-refractivity contribution in [2.24, 2.45) is 0 Å². The topological polar surface area (TPSA) is 36.7 Å². The molecule has 0 bridgehead atoms. The number of nitriles is 1. The normalized spacial score (nSPS) is 14.4. The van der Waals surface area contributed by atoms with Crippen molar-refractivity contribution in [3.8, 4) is 61.8 Å². The van der Waals surface area contributed by atoms with Crippen LogP contribution < -0.4 is 0 Å². The summed E-state index contributed by atoms with van der Waals surface area (Å²) >= 11 is 0. The van der Waals surface area contributed by atoms with Gasteiger partial charge in [0.2, 0.25) is 0 Å². The zero-order chi connectivity index (χ0) is 35.4. The maximum Gasteiger partial charge on any atom is 0.0998 e. The molecular formula is C50H36N2. The van der Waals surface area contributed by atoms with Crippen LogP contribution in [0.5, 0.6) is 0 Å². The molecule has 0 radical (unpaired) electrons. The Labute approximate surface area is 304 Å². The summed E-state index contributed by atoms with van der Waals surface area (Å²) < 4.78 is 0. The fourth-order valence-corrected chi connectivity index (χ4v) is 9.21. The lowest BCUT2D eigenvalue weighted by atomic mass is 9.81. The van der Waals surface area contributed by atoms with Crippen molar-refractivity contribution in [2.75, 3.05) is 0 Å². The summed E-state index contributed by atoms with van der Waals surface area (Å²) in [6, 6.07) is 55.0. The maximum absolute atomic E-state index is 10.2. The van der Waals surface area contributed by atoms with Gasteiger partial charge in [-0.05, 0) is 96.9 Å². The smallest absolute Gasteiger partial charge is 0.0998 e. The van der Waals surface area contributed by atoms with E-state index in [1.165, 1.54) is 44.5 Å². The van der Waals surface area contributed by atoms with Crippen LogP contribution in [0, 0.1) is 11.3 Å². The van der Waals surface area contributed by atoms with Gasteiger partial charge in [-0.3, -0.25) is 0 Å². The molecule has 8 aromatic rings. The Morgan fingerprint density at radius 3 is 1.60 bits per heavy atom. The summed E-state index contributed by atoms with van der Waals surface area (Å²) in [5.74, 6) is 0. The van der Waals surface area contributed by atoms with Crippen molar-refractivity contribution in [3.63, 3.8) is 0 Å². The highest BCUT2D eigenvalue weighted by molar-refractivity contribution is 6.16. The van der Waals surface area contributed by atoms with E-state index < -0.39 is 0 Å². The Hall–Kier alpha value is -6.30. The second-order valence-electron chi connectivity index (χ2n) is 15.4. The van der Waals surface area contributed by atoms with Crippen LogP contribution in [-0.2, 0) is 10.8 Å². The Bertz CT molecular complexity index is 2860. The van der Waals surface area contributed by atoms with E-state index in [4.69, 9.17) is 4.98 Å². The lowest BCUT2D eigenvalue weighted by Gasteiger charge is -2.23. The monoisotopic (exact) mass is 664 g/mol. The third-order valence-electron chi connectivity index (χ3n) is 11.9. The lowest BCUT2D eigenvalue weighted by Crippen LogP contribution is -2.15. The van der Waals surface area contributed by atoms with E-state index in [-0.39, 0.29) is 10.8 Å². The molecule has 0 saturated heterocycles. The zero-order valence-electron chi connectivity index (χ0n) is 29.8. The van der Waals surface area contributed by atoms with Gasteiger partial charge in [0.15, 0.2) is 0 Å². The fourth-order valence-electron chi connectivity index (χ4n) is 9.21. The third kappa shape index (κ3) is 4.20. The van der Waals surface area contributed by atoms with Crippen molar-refractivity contribution < 1.29 is 0 Å². The Morgan fingerprint density at radius 1 is 0.423 bits per heavy atom. The number of rotatable bonds is 3. The number of aromatic nitrogens is 1. The van der Waals surface area contributed by atoms with Gasteiger partial charge in [-0.2, -0.15) is 5.26 Å². The Kier molecular flexibility index (Phi) is 6.37. The largest absolute Gasteiger partial charge is 0.247 e. The molecule has 2 aliphatic carbocycles. The molecule has 0 unspecified atom stereocenters. The number of hydrogen-bond acceptors (Lipinski definition) is 2. The molecule has 0 amide bonds. The molecule has 2 heteroatoms. The van der Waals surface area contributed by atoms with Gasteiger partial charge in [0.05, 0.1) is 22.8 Å². The van der Waals surface area contributed by atoms with Gasteiger partial charge in [0.1, 0.15) is 0 Å². The van der Waals surface area contributed by atoms with Gasteiger partial charge < -0.3 is 0 Å². The molecule has 52 heavy (non-hydrogen) atoms. The Morgan fingerprint density at radius 2 is 0.942 bits per heavy atom. The summed E-state index contributed by atoms with van der Waals surface area (Å²) in [6.07, 6.45) is 0. The van der Waals surface area contributed by atoms with Crippen LogP contribution >= 0.6 is 0 Å². The second kappa shape index (κ2) is 10.8. The highest BCUT2D eigenvalue weighted by Crippen LogP contribution is 2.52. The molecule has 0 aliphatic heterocycles. The maximum atomic E-state index is 10.2. The molecule has 0 fully saturated rings. The number of nitrogens with zero attached hydrogens (tertiary/aromatic N) is 2. The quantitative estimate of drug-likeness (QED) is 0.176. The molecule has 246 valence electrons. The predicted octanol–water partition coefficient (Wildman–Crippen LogP) is 12.9. The number of benzene rings is 7. The van der Waals surface area contributed by atoms with Crippen molar-refractivity contribution >= 4 is 21.7 Å². The van der Waals surface area contributed by atoms with Crippen LogP contribution in [0.3, 0.4) is 0 Å². The summed E-state index contributed by atoms with van der Waals surface area (Å²) in [6.45, 7) is 9.34. The highest BCUT2D eigenvalue weighted by atomic mass is 14.7. The molecule has 10 rings (SSSR count). The van der Waals surface area contributed by atoms with E-state index >= 15 is 0 Å². The standard InChI is InChI=1S/C50H36N2/c1-49(2)43-19-11-9-16-35(43)37-23-21-30(25-45(37)49)40-28-47(31-22-24-38-36-17-10-12-20-44(36)50(3,4)46(38)26-31)52-48-39-18-8-7-15-34(39)41(27-42(40)48)33-14-6-5-13-32(33)29-51/h5-28H,1-4H3. The Balaban J connectivity index is 1.27. The first-order valence-electron chi connectivity index (χ1n) is 18.1. The molecule has 1 heterocycles. The van der Waals surface area contributed by atoms with Gasteiger partial charge in [-0.25, -0.2) is 4.98 Å².